The Bertz CT molecular complexity index is 1060. The van der Waals surface area contributed by atoms with Crippen LogP contribution in [-0.2, 0) is 4.74 Å². The Morgan fingerprint density at radius 1 is 0.970 bits per heavy atom. The van der Waals surface area contributed by atoms with Gasteiger partial charge in [0.25, 0.3) is 5.91 Å². The first-order chi connectivity index (χ1) is 15.9. The third kappa shape index (κ3) is 6.90. The molecule has 2 N–H and O–H groups in total. The van der Waals surface area contributed by atoms with Crippen LogP contribution in [0.2, 0.25) is 0 Å². The van der Waals surface area contributed by atoms with Crippen LogP contribution in [0, 0.1) is 12.8 Å². The van der Waals surface area contributed by atoms with Gasteiger partial charge in [-0.15, -0.1) is 10.2 Å². The number of hydrogen-bond acceptors (Lipinski definition) is 6. The molecule has 0 fully saturated rings. The van der Waals surface area contributed by atoms with E-state index < -0.39 is 6.09 Å². The lowest BCUT2D eigenvalue weighted by molar-refractivity contribution is 0.0944. The van der Waals surface area contributed by atoms with E-state index in [2.05, 4.69) is 34.7 Å². The van der Waals surface area contributed by atoms with Gasteiger partial charge in [0.1, 0.15) is 0 Å². The smallest absolute Gasteiger partial charge is 0.407 e. The first-order valence-electron chi connectivity index (χ1n) is 11.1. The molecule has 1 unspecified atom stereocenters. The molecule has 0 saturated heterocycles. The van der Waals surface area contributed by atoms with Crippen LogP contribution in [0.4, 0.5) is 4.79 Å². The number of aryl methyl sites for hydroxylation is 1. The van der Waals surface area contributed by atoms with E-state index in [9.17, 15) is 9.59 Å². The number of nitrogens with zero attached hydrogens (tertiary/aromatic N) is 2. The maximum absolute atomic E-state index is 12.6. The standard InChI is InChI=1S/C25H30N4O4/c1-5-32-25(31)27-21(14-16(2)3)15-26-22(30)18-10-12-20(13-11-18)24-29-28-23(33-24)19-8-6-17(4)7-9-19/h6-13,16,21H,5,14-15H2,1-4H3,(H,26,30)(H,27,31). The van der Waals surface area contributed by atoms with Gasteiger partial charge in [-0.25, -0.2) is 4.79 Å². The van der Waals surface area contributed by atoms with E-state index in [-0.39, 0.29) is 11.9 Å². The molecule has 2 amide bonds. The van der Waals surface area contributed by atoms with E-state index >= 15 is 0 Å². The highest BCUT2D eigenvalue weighted by Gasteiger charge is 2.17. The number of benzene rings is 2. The van der Waals surface area contributed by atoms with Crippen LogP contribution in [-0.4, -0.2) is 41.4 Å². The summed E-state index contributed by atoms with van der Waals surface area (Å²) in [4.78, 5) is 24.4. The number of alkyl carbamates (subject to hydrolysis) is 1. The third-order valence-electron chi connectivity index (χ3n) is 4.98. The zero-order valence-corrected chi connectivity index (χ0v) is 19.4. The van der Waals surface area contributed by atoms with Gasteiger partial charge in [-0.1, -0.05) is 31.5 Å². The fourth-order valence-corrected chi connectivity index (χ4v) is 3.34. The van der Waals surface area contributed by atoms with Crippen molar-refractivity contribution in [2.75, 3.05) is 13.2 Å². The molecule has 3 aromatic rings. The molecule has 1 aromatic heterocycles. The lowest BCUT2D eigenvalue weighted by Crippen LogP contribution is -2.44. The number of carbonyl (C=O) groups is 2. The van der Waals surface area contributed by atoms with Crippen LogP contribution in [0.1, 0.15) is 43.1 Å². The second kappa shape index (κ2) is 11.3. The fourth-order valence-electron chi connectivity index (χ4n) is 3.34. The molecule has 0 bridgehead atoms. The molecule has 8 heteroatoms. The van der Waals surface area contributed by atoms with E-state index in [0.29, 0.717) is 36.4 Å². The highest BCUT2D eigenvalue weighted by molar-refractivity contribution is 5.94. The fraction of sp³-hybridized carbons (Fsp3) is 0.360. The van der Waals surface area contributed by atoms with E-state index in [1.54, 1.807) is 31.2 Å². The van der Waals surface area contributed by atoms with E-state index in [1.807, 2.05) is 31.2 Å². The number of carbonyl (C=O) groups excluding carboxylic acids is 2. The molecule has 174 valence electrons. The molecule has 0 aliphatic heterocycles. The number of ether oxygens (including phenoxy) is 1. The largest absolute Gasteiger partial charge is 0.450 e. The van der Waals surface area contributed by atoms with Gasteiger partial charge in [-0.2, -0.15) is 0 Å². The van der Waals surface area contributed by atoms with Crippen molar-refractivity contribution in [1.29, 1.82) is 0 Å². The van der Waals surface area contributed by atoms with Gasteiger partial charge in [0.15, 0.2) is 0 Å². The van der Waals surface area contributed by atoms with Crippen molar-refractivity contribution in [2.24, 2.45) is 5.92 Å². The van der Waals surface area contributed by atoms with Crippen LogP contribution in [0.5, 0.6) is 0 Å². The molecule has 0 saturated carbocycles. The number of nitrogens with one attached hydrogen (secondary N) is 2. The summed E-state index contributed by atoms with van der Waals surface area (Å²) in [7, 11) is 0. The Labute approximate surface area is 193 Å². The van der Waals surface area contributed by atoms with Crippen molar-refractivity contribution in [2.45, 2.75) is 40.2 Å². The summed E-state index contributed by atoms with van der Waals surface area (Å²) in [6.07, 6.45) is 0.240. The monoisotopic (exact) mass is 450 g/mol. The predicted octanol–water partition coefficient (Wildman–Crippen LogP) is 4.60. The molecule has 1 atom stereocenters. The normalized spacial score (nSPS) is 11.8. The highest BCUT2D eigenvalue weighted by atomic mass is 16.5. The Hall–Kier alpha value is -3.68. The van der Waals surface area contributed by atoms with Crippen molar-refractivity contribution in [3.63, 3.8) is 0 Å². The first-order valence-corrected chi connectivity index (χ1v) is 11.1. The van der Waals surface area contributed by atoms with Gasteiger partial charge >= 0.3 is 6.09 Å². The Morgan fingerprint density at radius 2 is 1.55 bits per heavy atom. The van der Waals surface area contributed by atoms with Crippen molar-refractivity contribution < 1.29 is 18.7 Å². The lowest BCUT2D eigenvalue weighted by atomic mass is 10.0. The summed E-state index contributed by atoms with van der Waals surface area (Å²) in [5.41, 5.74) is 3.22. The molecule has 2 aromatic carbocycles. The molecule has 1 heterocycles. The second-order valence-electron chi connectivity index (χ2n) is 8.26. The van der Waals surface area contributed by atoms with E-state index in [0.717, 1.165) is 23.1 Å². The lowest BCUT2D eigenvalue weighted by Gasteiger charge is -2.20. The maximum atomic E-state index is 12.6. The van der Waals surface area contributed by atoms with Crippen LogP contribution >= 0.6 is 0 Å². The summed E-state index contributed by atoms with van der Waals surface area (Å²) in [5.74, 6) is 0.949. The molecule has 0 aliphatic carbocycles. The Balaban J connectivity index is 1.61. The quantitative estimate of drug-likeness (QED) is 0.493. The molecule has 0 radical (unpaired) electrons. The minimum atomic E-state index is -0.480. The maximum Gasteiger partial charge on any atom is 0.407 e. The van der Waals surface area contributed by atoms with Gasteiger partial charge in [0, 0.05) is 29.3 Å². The van der Waals surface area contributed by atoms with Gasteiger partial charge in [-0.3, -0.25) is 4.79 Å². The highest BCUT2D eigenvalue weighted by Crippen LogP contribution is 2.24. The first kappa shape index (κ1) is 24.0. The van der Waals surface area contributed by atoms with E-state index in [4.69, 9.17) is 9.15 Å². The van der Waals surface area contributed by atoms with Gasteiger partial charge in [0.2, 0.25) is 11.8 Å². The van der Waals surface area contributed by atoms with Crippen LogP contribution in [0.25, 0.3) is 22.9 Å². The molecule has 3 rings (SSSR count). The van der Waals surface area contributed by atoms with Crippen molar-refractivity contribution in [1.82, 2.24) is 20.8 Å². The van der Waals surface area contributed by atoms with Crippen LogP contribution in [0.15, 0.2) is 52.9 Å². The predicted molar refractivity (Wildman–Crippen MR) is 126 cm³/mol. The number of hydrogen-bond donors (Lipinski definition) is 2. The summed E-state index contributed by atoms with van der Waals surface area (Å²) in [5, 5.41) is 13.9. The van der Waals surface area contributed by atoms with Gasteiger partial charge < -0.3 is 19.8 Å². The molecule has 0 spiro atoms. The molecular formula is C25H30N4O4. The molecule has 0 aliphatic rings. The van der Waals surface area contributed by atoms with Crippen molar-refractivity contribution in [3.8, 4) is 22.9 Å². The molecular weight excluding hydrogens is 420 g/mol. The molecule has 8 nitrogen and oxygen atoms in total. The topological polar surface area (TPSA) is 106 Å². The zero-order valence-electron chi connectivity index (χ0n) is 19.4. The summed E-state index contributed by atoms with van der Waals surface area (Å²) < 4.78 is 10.7. The van der Waals surface area contributed by atoms with Gasteiger partial charge in [0.05, 0.1) is 6.61 Å². The summed E-state index contributed by atoms with van der Waals surface area (Å²) in [6.45, 7) is 8.49. The van der Waals surface area contributed by atoms with Crippen LogP contribution < -0.4 is 10.6 Å². The van der Waals surface area contributed by atoms with Crippen LogP contribution in [0.3, 0.4) is 0 Å². The zero-order chi connectivity index (χ0) is 23.8. The number of amides is 2. The molecule has 33 heavy (non-hydrogen) atoms. The minimum absolute atomic E-state index is 0.217. The minimum Gasteiger partial charge on any atom is -0.450 e. The SMILES string of the molecule is CCOC(=O)NC(CNC(=O)c1ccc(-c2nnc(-c3ccc(C)cc3)o2)cc1)CC(C)C. The van der Waals surface area contributed by atoms with Crippen molar-refractivity contribution in [3.05, 3.63) is 59.7 Å². The summed E-state index contributed by atoms with van der Waals surface area (Å²) >= 11 is 0. The van der Waals surface area contributed by atoms with Gasteiger partial charge in [-0.05, 0) is 62.6 Å². The number of aromatic nitrogens is 2. The average Bonchev–Trinajstić information content (AvgIpc) is 3.28. The number of rotatable bonds is 9. The Kier molecular flexibility index (Phi) is 8.18. The Morgan fingerprint density at radius 3 is 2.09 bits per heavy atom. The third-order valence-corrected chi connectivity index (χ3v) is 4.98. The average molecular weight is 451 g/mol. The second-order valence-corrected chi connectivity index (χ2v) is 8.26. The van der Waals surface area contributed by atoms with Crippen molar-refractivity contribution >= 4 is 12.0 Å². The van der Waals surface area contributed by atoms with E-state index in [1.165, 1.54) is 0 Å². The summed E-state index contributed by atoms with van der Waals surface area (Å²) in [6, 6.07) is 14.6.